The summed E-state index contributed by atoms with van der Waals surface area (Å²) in [6.07, 6.45) is 1.22. The Morgan fingerprint density at radius 2 is 2.19 bits per heavy atom. The highest BCUT2D eigenvalue weighted by molar-refractivity contribution is 7.10. The lowest BCUT2D eigenvalue weighted by Gasteiger charge is -2.17. The summed E-state index contributed by atoms with van der Waals surface area (Å²) >= 11 is 1.83. The number of nitrogens with two attached hydrogens (primary N) is 1. The van der Waals surface area contributed by atoms with Crippen LogP contribution in [-0.2, 0) is 6.54 Å². The van der Waals surface area contributed by atoms with E-state index >= 15 is 0 Å². The van der Waals surface area contributed by atoms with Gasteiger partial charge in [-0.15, -0.1) is 11.3 Å². The van der Waals surface area contributed by atoms with E-state index in [-0.39, 0.29) is 0 Å². The first-order valence-electron chi connectivity index (χ1n) is 6.07. The molecule has 0 spiro atoms. The van der Waals surface area contributed by atoms with Crippen molar-refractivity contribution in [2.45, 2.75) is 33.7 Å². The van der Waals surface area contributed by atoms with Crippen molar-refractivity contribution in [3.63, 3.8) is 0 Å². The summed E-state index contributed by atoms with van der Waals surface area (Å²) in [6.45, 7) is 9.49. The topological polar surface area (TPSA) is 38.0 Å². The molecule has 16 heavy (non-hydrogen) atoms. The van der Waals surface area contributed by atoms with Crippen LogP contribution >= 0.6 is 11.3 Å². The van der Waals surface area contributed by atoms with Crippen LogP contribution in [0.3, 0.4) is 0 Å². The van der Waals surface area contributed by atoms with Gasteiger partial charge >= 0.3 is 0 Å². The van der Waals surface area contributed by atoms with Crippen LogP contribution in [0, 0.1) is 18.8 Å². The lowest BCUT2D eigenvalue weighted by Crippen LogP contribution is -2.29. The highest BCUT2D eigenvalue weighted by atomic mass is 32.1. The Morgan fingerprint density at radius 3 is 2.69 bits per heavy atom. The highest BCUT2D eigenvalue weighted by Crippen LogP contribution is 2.15. The summed E-state index contributed by atoms with van der Waals surface area (Å²) < 4.78 is 0. The zero-order valence-corrected chi connectivity index (χ0v) is 11.4. The van der Waals surface area contributed by atoms with Gasteiger partial charge in [-0.2, -0.15) is 0 Å². The van der Waals surface area contributed by atoms with Crippen LogP contribution in [-0.4, -0.2) is 13.1 Å². The molecule has 0 aliphatic heterocycles. The van der Waals surface area contributed by atoms with Crippen LogP contribution in [0.4, 0.5) is 0 Å². The minimum Gasteiger partial charge on any atom is -0.330 e. The first-order valence-corrected chi connectivity index (χ1v) is 6.95. The molecule has 1 rings (SSSR count). The van der Waals surface area contributed by atoms with Gasteiger partial charge in [-0.05, 0) is 55.3 Å². The zero-order valence-electron chi connectivity index (χ0n) is 10.6. The second-order valence-electron chi connectivity index (χ2n) is 4.89. The van der Waals surface area contributed by atoms with Crippen molar-refractivity contribution in [2.75, 3.05) is 13.1 Å². The molecule has 1 unspecified atom stereocenters. The molecule has 1 aromatic heterocycles. The number of hydrogen-bond donors (Lipinski definition) is 2. The van der Waals surface area contributed by atoms with Crippen molar-refractivity contribution in [1.82, 2.24) is 5.32 Å². The smallest absolute Gasteiger partial charge is 0.0302 e. The maximum absolute atomic E-state index is 5.77. The molecule has 1 atom stereocenters. The number of aryl methyl sites for hydroxylation is 1. The van der Waals surface area contributed by atoms with Gasteiger partial charge in [0, 0.05) is 11.4 Å². The standard InChI is InChI=1S/C13H24N2S/c1-10(2)6-12(7-14)8-15-9-13-11(3)4-5-16-13/h4-5,10,12,15H,6-9,14H2,1-3H3. The summed E-state index contributed by atoms with van der Waals surface area (Å²) in [6, 6.07) is 2.18. The third-order valence-electron chi connectivity index (χ3n) is 2.82. The molecule has 0 bridgehead atoms. The quantitative estimate of drug-likeness (QED) is 0.769. The fourth-order valence-corrected chi connectivity index (χ4v) is 2.78. The first-order chi connectivity index (χ1) is 7.63. The van der Waals surface area contributed by atoms with E-state index in [0.717, 1.165) is 25.6 Å². The third-order valence-corrected chi connectivity index (χ3v) is 3.85. The van der Waals surface area contributed by atoms with Crippen molar-refractivity contribution in [1.29, 1.82) is 0 Å². The van der Waals surface area contributed by atoms with E-state index in [4.69, 9.17) is 5.73 Å². The van der Waals surface area contributed by atoms with E-state index in [1.807, 2.05) is 11.3 Å². The molecule has 0 amide bonds. The summed E-state index contributed by atoms with van der Waals surface area (Å²) in [7, 11) is 0. The predicted octanol–water partition coefficient (Wildman–Crippen LogP) is 2.77. The van der Waals surface area contributed by atoms with E-state index in [1.54, 1.807) is 0 Å². The van der Waals surface area contributed by atoms with Crippen LogP contribution in [0.5, 0.6) is 0 Å². The van der Waals surface area contributed by atoms with Gasteiger partial charge in [-0.3, -0.25) is 0 Å². The molecule has 0 radical (unpaired) electrons. The molecule has 92 valence electrons. The number of nitrogens with one attached hydrogen (secondary N) is 1. The molecular weight excluding hydrogens is 216 g/mol. The van der Waals surface area contributed by atoms with E-state index in [2.05, 4.69) is 37.5 Å². The predicted molar refractivity (Wildman–Crippen MR) is 72.8 cm³/mol. The SMILES string of the molecule is Cc1ccsc1CNCC(CN)CC(C)C. The van der Waals surface area contributed by atoms with E-state index in [0.29, 0.717) is 5.92 Å². The van der Waals surface area contributed by atoms with Crippen molar-refractivity contribution in [3.8, 4) is 0 Å². The van der Waals surface area contributed by atoms with Crippen LogP contribution in [0.2, 0.25) is 0 Å². The van der Waals surface area contributed by atoms with Gasteiger partial charge in [0.05, 0.1) is 0 Å². The van der Waals surface area contributed by atoms with Crippen molar-refractivity contribution in [3.05, 3.63) is 21.9 Å². The Balaban J connectivity index is 2.26. The molecule has 0 aromatic carbocycles. The Hall–Kier alpha value is -0.380. The van der Waals surface area contributed by atoms with E-state index < -0.39 is 0 Å². The average molecular weight is 240 g/mol. The maximum atomic E-state index is 5.77. The average Bonchev–Trinajstić information content (AvgIpc) is 2.62. The summed E-state index contributed by atoms with van der Waals surface area (Å²) in [4.78, 5) is 1.44. The maximum Gasteiger partial charge on any atom is 0.0302 e. The summed E-state index contributed by atoms with van der Waals surface area (Å²) in [5.74, 6) is 1.35. The molecule has 0 saturated heterocycles. The Morgan fingerprint density at radius 1 is 1.44 bits per heavy atom. The largest absolute Gasteiger partial charge is 0.330 e. The normalized spacial score (nSPS) is 13.3. The van der Waals surface area contributed by atoms with Crippen molar-refractivity contribution >= 4 is 11.3 Å². The number of thiophene rings is 1. The lowest BCUT2D eigenvalue weighted by atomic mass is 9.97. The third kappa shape index (κ3) is 4.64. The Labute approximate surface area is 103 Å². The monoisotopic (exact) mass is 240 g/mol. The van der Waals surface area contributed by atoms with Crippen molar-refractivity contribution in [2.24, 2.45) is 17.6 Å². The van der Waals surface area contributed by atoms with Gasteiger partial charge in [0.25, 0.3) is 0 Å². The molecule has 2 nitrogen and oxygen atoms in total. The minimum absolute atomic E-state index is 0.611. The molecule has 0 fully saturated rings. The fraction of sp³-hybridized carbons (Fsp3) is 0.692. The minimum atomic E-state index is 0.611. The molecule has 0 aliphatic rings. The Bertz CT molecular complexity index is 294. The Kier molecular flexibility index (Phi) is 6.03. The highest BCUT2D eigenvalue weighted by Gasteiger charge is 2.09. The van der Waals surface area contributed by atoms with Crippen LogP contribution in [0.15, 0.2) is 11.4 Å². The zero-order chi connectivity index (χ0) is 12.0. The van der Waals surface area contributed by atoms with Crippen LogP contribution in [0.1, 0.15) is 30.7 Å². The van der Waals surface area contributed by atoms with Gasteiger partial charge in [0.1, 0.15) is 0 Å². The molecule has 0 saturated carbocycles. The second kappa shape index (κ2) is 7.05. The van der Waals surface area contributed by atoms with Crippen LogP contribution in [0.25, 0.3) is 0 Å². The summed E-state index contributed by atoms with van der Waals surface area (Å²) in [5, 5.41) is 5.67. The summed E-state index contributed by atoms with van der Waals surface area (Å²) in [5.41, 5.74) is 7.17. The lowest BCUT2D eigenvalue weighted by molar-refractivity contribution is 0.394. The molecule has 3 N–H and O–H groups in total. The fourth-order valence-electron chi connectivity index (χ4n) is 1.90. The second-order valence-corrected chi connectivity index (χ2v) is 5.89. The molecule has 1 heterocycles. The van der Waals surface area contributed by atoms with E-state index in [9.17, 15) is 0 Å². The van der Waals surface area contributed by atoms with Gasteiger partial charge in [-0.25, -0.2) is 0 Å². The van der Waals surface area contributed by atoms with Gasteiger partial charge in [0.2, 0.25) is 0 Å². The van der Waals surface area contributed by atoms with E-state index in [1.165, 1.54) is 16.9 Å². The van der Waals surface area contributed by atoms with Gasteiger partial charge < -0.3 is 11.1 Å². The molecule has 0 aliphatic carbocycles. The molecular formula is C13H24N2S. The molecule has 1 aromatic rings. The first kappa shape index (κ1) is 13.7. The van der Waals surface area contributed by atoms with Crippen molar-refractivity contribution < 1.29 is 0 Å². The molecule has 3 heteroatoms. The van der Waals surface area contributed by atoms with Crippen LogP contribution < -0.4 is 11.1 Å². The van der Waals surface area contributed by atoms with Gasteiger partial charge in [-0.1, -0.05) is 13.8 Å². The van der Waals surface area contributed by atoms with Gasteiger partial charge in [0.15, 0.2) is 0 Å². The number of rotatable bonds is 7. The number of hydrogen-bond acceptors (Lipinski definition) is 3.